The molecular formula is C14H11F6NO2. The summed E-state index contributed by atoms with van der Waals surface area (Å²) in [4.78, 5) is 11.5. The van der Waals surface area contributed by atoms with Gasteiger partial charge in [-0.3, -0.25) is 4.79 Å². The molecule has 0 amide bonds. The van der Waals surface area contributed by atoms with E-state index in [9.17, 15) is 36.2 Å². The second-order valence-corrected chi connectivity index (χ2v) is 4.92. The summed E-state index contributed by atoms with van der Waals surface area (Å²) < 4.78 is 76.2. The third kappa shape index (κ3) is 3.49. The van der Waals surface area contributed by atoms with Crippen molar-refractivity contribution in [1.29, 1.82) is 0 Å². The average Bonchev–Trinajstić information content (AvgIpc) is 2.45. The third-order valence-electron chi connectivity index (χ3n) is 3.42. The Kier molecular flexibility index (Phi) is 4.43. The van der Waals surface area contributed by atoms with Gasteiger partial charge in [-0.05, 0) is 17.5 Å². The quantitative estimate of drug-likeness (QED) is 0.493. The van der Waals surface area contributed by atoms with Crippen molar-refractivity contribution in [2.75, 3.05) is 6.54 Å². The molecule has 0 fully saturated rings. The number of hydrogen-bond acceptors (Lipinski definition) is 3. The SMILES string of the molecule is O=C(C(=C(O)C(F)(F)F)[C@@H]1NCCc2ccccc21)C(F)(F)F. The van der Waals surface area contributed by atoms with E-state index < -0.39 is 35.5 Å². The lowest BCUT2D eigenvalue weighted by Crippen LogP contribution is -2.39. The van der Waals surface area contributed by atoms with Crippen LogP contribution < -0.4 is 5.32 Å². The number of rotatable bonds is 2. The van der Waals surface area contributed by atoms with Crippen molar-refractivity contribution in [2.24, 2.45) is 0 Å². The van der Waals surface area contributed by atoms with Crippen molar-refractivity contribution in [3.8, 4) is 0 Å². The first kappa shape index (κ1) is 17.3. The van der Waals surface area contributed by atoms with Crippen LogP contribution in [0.1, 0.15) is 17.2 Å². The zero-order valence-electron chi connectivity index (χ0n) is 11.4. The number of aliphatic hydroxyl groups excluding tert-OH is 1. The zero-order valence-corrected chi connectivity index (χ0v) is 11.4. The van der Waals surface area contributed by atoms with E-state index in [0.717, 1.165) is 0 Å². The molecule has 23 heavy (non-hydrogen) atoms. The minimum absolute atomic E-state index is 0.0709. The summed E-state index contributed by atoms with van der Waals surface area (Å²) in [7, 11) is 0. The van der Waals surface area contributed by atoms with E-state index in [-0.39, 0.29) is 12.1 Å². The molecule has 9 heteroatoms. The highest BCUT2D eigenvalue weighted by Crippen LogP contribution is 2.38. The summed E-state index contributed by atoms with van der Waals surface area (Å²) in [6.45, 7) is 0.0709. The summed E-state index contributed by atoms with van der Waals surface area (Å²) in [5.41, 5.74) is -1.13. The highest BCUT2D eigenvalue weighted by Gasteiger charge is 2.50. The van der Waals surface area contributed by atoms with Gasteiger partial charge in [-0.2, -0.15) is 26.3 Å². The first-order valence-electron chi connectivity index (χ1n) is 6.46. The largest absolute Gasteiger partial charge is 0.504 e. The molecule has 1 aliphatic heterocycles. The minimum Gasteiger partial charge on any atom is -0.504 e. The summed E-state index contributed by atoms with van der Waals surface area (Å²) in [5, 5.41) is 11.7. The van der Waals surface area contributed by atoms with Crippen LogP contribution in [0.25, 0.3) is 0 Å². The van der Waals surface area contributed by atoms with E-state index in [1.165, 1.54) is 12.1 Å². The van der Waals surface area contributed by atoms with Crippen LogP contribution in [-0.4, -0.2) is 29.8 Å². The van der Waals surface area contributed by atoms with E-state index in [0.29, 0.717) is 12.0 Å². The van der Waals surface area contributed by atoms with Crippen molar-refractivity contribution >= 4 is 5.78 Å². The van der Waals surface area contributed by atoms with Gasteiger partial charge in [0.1, 0.15) is 0 Å². The molecule has 0 saturated heterocycles. The fourth-order valence-electron chi connectivity index (χ4n) is 2.44. The smallest absolute Gasteiger partial charge is 0.454 e. The van der Waals surface area contributed by atoms with E-state index in [2.05, 4.69) is 5.32 Å². The predicted octanol–water partition coefficient (Wildman–Crippen LogP) is 3.38. The predicted molar refractivity (Wildman–Crippen MR) is 67.7 cm³/mol. The molecule has 1 aliphatic rings. The van der Waals surface area contributed by atoms with E-state index in [4.69, 9.17) is 0 Å². The lowest BCUT2D eigenvalue weighted by Gasteiger charge is -2.29. The van der Waals surface area contributed by atoms with Crippen molar-refractivity contribution in [3.05, 3.63) is 46.7 Å². The first-order chi connectivity index (χ1) is 10.5. The number of fused-ring (bicyclic) bond motifs is 1. The molecule has 0 spiro atoms. The van der Waals surface area contributed by atoms with Gasteiger partial charge in [-0.1, -0.05) is 24.3 Å². The first-order valence-corrected chi connectivity index (χ1v) is 6.46. The van der Waals surface area contributed by atoms with Gasteiger partial charge in [0, 0.05) is 6.54 Å². The number of allylic oxidation sites excluding steroid dienone is 1. The Hall–Kier alpha value is -2.03. The molecule has 1 heterocycles. The Morgan fingerprint density at radius 1 is 1.09 bits per heavy atom. The molecule has 0 unspecified atom stereocenters. The highest BCUT2D eigenvalue weighted by molar-refractivity contribution is 6.01. The van der Waals surface area contributed by atoms with Crippen LogP contribution in [0.4, 0.5) is 26.3 Å². The zero-order chi connectivity index (χ0) is 17.4. The fourth-order valence-corrected chi connectivity index (χ4v) is 2.44. The number of benzene rings is 1. The maximum Gasteiger partial charge on any atom is 0.454 e. The van der Waals surface area contributed by atoms with Gasteiger partial charge in [0.15, 0.2) is 0 Å². The molecule has 2 N–H and O–H groups in total. The van der Waals surface area contributed by atoms with Crippen LogP contribution in [0.5, 0.6) is 0 Å². The van der Waals surface area contributed by atoms with Gasteiger partial charge in [0.2, 0.25) is 5.76 Å². The molecule has 3 nitrogen and oxygen atoms in total. The van der Waals surface area contributed by atoms with Gasteiger partial charge in [-0.15, -0.1) is 0 Å². The minimum atomic E-state index is -5.54. The van der Waals surface area contributed by atoms with Crippen LogP contribution in [0.2, 0.25) is 0 Å². The summed E-state index contributed by atoms with van der Waals surface area (Å²) in [6.07, 6.45) is -10.6. The van der Waals surface area contributed by atoms with Gasteiger partial charge in [-0.25, -0.2) is 0 Å². The summed E-state index contributed by atoms with van der Waals surface area (Å²) in [5.74, 6) is -5.25. The molecule has 0 bridgehead atoms. The number of carbonyl (C=O) groups is 1. The summed E-state index contributed by atoms with van der Waals surface area (Å²) >= 11 is 0. The molecule has 2 rings (SSSR count). The van der Waals surface area contributed by atoms with Crippen molar-refractivity contribution < 1.29 is 36.2 Å². The second kappa shape index (κ2) is 5.88. The number of carbonyl (C=O) groups excluding carboxylic acids is 1. The number of nitrogens with one attached hydrogen (secondary N) is 1. The Morgan fingerprint density at radius 3 is 2.26 bits per heavy atom. The van der Waals surface area contributed by atoms with Crippen molar-refractivity contribution in [1.82, 2.24) is 5.32 Å². The molecule has 1 aromatic rings. The molecular weight excluding hydrogens is 328 g/mol. The van der Waals surface area contributed by atoms with Gasteiger partial charge >= 0.3 is 12.4 Å². The van der Waals surface area contributed by atoms with Crippen molar-refractivity contribution in [2.45, 2.75) is 24.8 Å². The molecule has 0 radical (unpaired) electrons. The molecule has 1 atom stereocenters. The van der Waals surface area contributed by atoms with Crippen LogP contribution >= 0.6 is 0 Å². The maximum atomic E-state index is 12.7. The van der Waals surface area contributed by atoms with Gasteiger partial charge in [0.05, 0.1) is 11.6 Å². The lowest BCUT2D eigenvalue weighted by atomic mass is 9.87. The summed E-state index contributed by atoms with van der Waals surface area (Å²) in [6, 6.07) is 4.19. The van der Waals surface area contributed by atoms with Crippen molar-refractivity contribution in [3.63, 3.8) is 0 Å². The number of alkyl halides is 6. The number of Topliss-reactive ketones (excluding diaryl/α,β-unsaturated/α-hetero) is 1. The van der Waals surface area contributed by atoms with Crippen LogP contribution in [0.3, 0.4) is 0 Å². The molecule has 126 valence electrons. The normalized spacial score (nSPS) is 19.8. The van der Waals surface area contributed by atoms with E-state index >= 15 is 0 Å². The second-order valence-electron chi connectivity index (χ2n) is 4.92. The Morgan fingerprint density at radius 2 is 1.70 bits per heavy atom. The Bertz CT molecular complexity index is 647. The van der Waals surface area contributed by atoms with Gasteiger partial charge < -0.3 is 10.4 Å². The number of ketones is 1. The number of halogens is 6. The molecule has 0 aliphatic carbocycles. The molecule has 1 aromatic carbocycles. The third-order valence-corrected chi connectivity index (χ3v) is 3.42. The molecule has 0 saturated carbocycles. The molecule has 0 aromatic heterocycles. The van der Waals surface area contributed by atoms with Crippen LogP contribution in [-0.2, 0) is 11.2 Å². The number of hydrogen-bond donors (Lipinski definition) is 2. The van der Waals surface area contributed by atoms with Crippen LogP contribution in [0, 0.1) is 0 Å². The topological polar surface area (TPSA) is 49.3 Å². The maximum absolute atomic E-state index is 12.7. The number of aliphatic hydroxyl groups is 1. The standard InChI is InChI=1S/C14H11F6NO2/c15-13(16,17)11(22)9(12(23)14(18,19)20)10-8-4-2-1-3-7(8)5-6-21-10/h1-4,10,21-22H,5-6H2/t10-/m1/s1. The van der Waals surface area contributed by atoms with Gasteiger partial charge in [0.25, 0.3) is 5.78 Å². The van der Waals surface area contributed by atoms with Crippen LogP contribution in [0.15, 0.2) is 35.6 Å². The lowest BCUT2D eigenvalue weighted by molar-refractivity contribution is -0.168. The van der Waals surface area contributed by atoms with E-state index in [1.807, 2.05) is 0 Å². The average molecular weight is 339 g/mol. The monoisotopic (exact) mass is 339 g/mol. The highest BCUT2D eigenvalue weighted by atomic mass is 19.4. The fraction of sp³-hybridized carbons (Fsp3) is 0.357. The van der Waals surface area contributed by atoms with E-state index in [1.54, 1.807) is 12.1 Å². The Labute approximate surface area is 126 Å². The Balaban J connectivity index is 2.64.